The Balaban J connectivity index is 0.000000154. The van der Waals surface area contributed by atoms with E-state index in [2.05, 4.69) is 46.1 Å². The highest BCUT2D eigenvalue weighted by Gasteiger charge is 2.23. The van der Waals surface area contributed by atoms with Crippen LogP contribution in [-0.4, -0.2) is 64.5 Å². The maximum absolute atomic E-state index is 13.4. The molecule has 4 aromatic carbocycles. The van der Waals surface area contributed by atoms with E-state index in [0.717, 1.165) is 90.4 Å². The van der Waals surface area contributed by atoms with Gasteiger partial charge in [-0.25, -0.2) is 13.2 Å². The molecule has 2 fully saturated rings. The monoisotopic (exact) mass is 910 g/mol. The first kappa shape index (κ1) is 40.1. The second-order valence-corrected chi connectivity index (χ2v) is 17.2. The highest BCUT2D eigenvalue weighted by atomic mass is 79.9. The summed E-state index contributed by atoms with van der Waals surface area (Å²) in [5, 5.41) is 20.0. The number of hydrogen-bond acceptors (Lipinski definition) is 8. The molecule has 8 aromatic rings. The Morgan fingerprint density at radius 3 is 1.35 bits per heavy atom. The summed E-state index contributed by atoms with van der Waals surface area (Å²) in [6, 6.07) is 24.8. The molecular formula is C44H42BrCl2FN10O2. The first-order chi connectivity index (χ1) is 29.2. The molecule has 0 spiro atoms. The molecule has 12 nitrogen and oxygen atoms in total. The van der Waals surface area contributed by atoms with E-state index in [4.69, 9.17) is 23.2 Å². The van der Waals surface area contributed by atoms with Crippen molar-refractivity contribution in [3.8, 4) is 0 Å². The molecule has 60 heavy (non-hydrogen) atoms. The van der Waals surface area contributed by atoms with Gasteiger partial charge < -0.3 is 9.80 Å². The molecule has 0 aliphatic carbocycles. The van der Waals surface area contributed by atoms with E-state index in [-0.39, 0.29) is 23.5 Å². The fraction of sp³-hybridized carbons (Fsp3) is 0.318. The highest BCUT2D eigenvalue weighted by molar-refractivity contribution is 9.10. The minimum absolute atomic E-state index is 0.113. The predicted octanol–water partition coefficient (Wildman–Crippen LogP) is 9.15. The molecule has 2 aliphatic rings. The van der Waals surface area contributed by atoms with Gasteiger partial charge in [-0.2, -0.15) is 0 Å². The normalized spacial score (nSPS) is 15.1. The number of nitrogens with zero attached hydrogens (tertiary/aromatic N) is 10. The van der Waals surface area contributed by atoms with Crippen molar-refractivity contribution in [2.45, 2.75) is 64.5 Å². The summed E-state index contributed by atoms with van der Waals surface area (Å²) in [5.74, 6) is 2.25. The van der Waals surface area contributed by atoms with Crippen LogP contribution in [0.2, 0.25) is 10.0 Å². The van der Waals surface area contributed by atoms with Crippen LogP contribution in [0.1, 0.15) is 62.5 Å². The van der Waals surface area contributed by atoms with Crippen molar-refractivity contribution in [1.29, 1.82) is 0 Å². The lowest BCUT2D eigenvalue weighted by Gasteiger charge is -2.21. The van der Waals surface area contributed by atoms with E-state index in [9.17, 15) is 14.0 Å². The lowest BCUT2D eigenvalue weighted by Crippen LogP contribution is -2.28. The zero-order chi connectivity index (χ0) is 41.3. The molecule has 0 saturated carbocycles. The number of fused-ring (bicyclic) bond motifs is 6. The summed E-state index contributed by atoms with van der Waals surface area (Å²) in [4.78, 5) is 31.3. The third kappa shape index (κ3) is 8.00. The minimum Gasteiger partial charge on any atom is -0.341 e. The quantitative estimate of drug-likeness (QED) is 0.163. The zero-order valence-corrected chi connectivity index (χ0v) is 35.9. The van der Waals surface area contributed by atoms with Crippen molar-refractivity contribution >= 4 is 84.4 Å². The Morgan fingerprint density at radius 2 is 0.933 bits per heavy atom. The largest absolute Gasteiger partial charge is 0.341 e. The Bertz CT molecular complexity index is 2750. The number of benzene rings is 4. The first-order valence-electron chi connectivity index (χ1n) is 20.4. The van der Waals surface area contributed by atoms with Gasteiger partial charge in [0.05, 0.1) is 34.9 Å². The summed E-state index contributed by atoms with van der Waals surface area (Å²) < 4.78 is 21.6. The first-order valence-corrected chi connectivity index (χ1v) is 21.9. The third-order valence-electron chi connectivity index (χ3n) is 11.4. The molecular weight excluding hydrogens is 870 g/mol. The molecule has 0 radical (unpaired) electrons. The van der Waals surface area contributed by atoms with Crippen molar-refractivity contribution in [3.05, 3.63) is 137 Å². The van der Waals surface area contributed by atoms with Crippen LogP contribution in [0, 0.1) is 5.82 Å². The van der Waals surface area contributed by atoms with Crippen molar-refractivity contribution in [1.82, 2.24) is 38.3 Å². The van der Waals surface area contributed by atoms with Crippen LogP contribution in [0.15, 0.2) is 99.0 Å². The smallest absolute Gasteiger partial charge is 0.263 e. The summed E-state index contributed by atoms with van der Waals surface area (Å²) in [6.45, 7) is 4.39. The minimum atomic E-state index is -0.313. The van der Waals surface area contributed by atoms with Gasteiger partial charge in [-0.05, 0) is 97.5 Å². The number of aromatic nitrogens is 8. The fourth-order valence-electron chi connectivity index (χ4n) is 8.32. The summed E-state index contributed by atoms with van der Waals surface area (Å²) in [7, 11) is 0. The number of rotatable bonds is 6. The summed E-state index contributed by atoms with van der Waals surface area (Å²) >= 11 is 15.9. The summed E-state index contributed by atoms with van der Waals surface area (Å²) in [5.41, 5.74) is 3.04. The van der Waals surface area contributed by atoms with Crippen LogP contribution >= 0.6 is 39.1 Å². The fourth-order valence-corrected chi connectivity index (χ4v) is 8.93. The van der Waals surface area contributed by atoms with E-state index in [0.29, 0.717) is 38.9 Å². The molecule has 2 saturated heterocycles. The van der Waals surface area contributed by atoms with Crippen molar-refractivity contribution in [2.75, 3.05) is 36.0 Å². The van der Waals surface area contributed by atoms with Gasteiger partial charge in [-0.3, -0.25) is 18.7 Å². The number of halogens is 4. The van der Waals surface area contributed by atoms with Crippen LogP contribution in [0.25, 0.3) is 33.4 Å². The maximum Gasteiger partial charge on any atom is 0.263 e. The van der Waals surface area contributed by atoms with E-state index in [1.54, 1.807) is 39.5 Å². The molecule has 308 valence electrons. The predicted molar refractivity (Wildman–Crippen MR) is 240 cm³/mol. The molecule has 2 aliphatic heterocycles. The molecule has 0 atom stereocenters. The Morgan fingerprint density at radius 1 is 0.533 bits per heavy atom. The van der Waals surface area contributed by atoms with E-state index in [1.807, 2.05) is 51.3 Å². The molecule has 16 heteroatoms. The lowest BCUT2D eigenvalue weighted by molar-refractivity contribution is 0.626. The molecule has 4 aromatic heterocycles. The van der Waals surface area contributed by atoms with Crippen LogP contribution in [0.4, 0.5) is 16.3 Å². The molecule has 6 heterocycles. The van der Waals surface area contributed by atoms with Crippen molar-refractivity contribution < 1.29 is 4.39 Å². The Kier molecular flexibility index (Phi) is 11.6. The molecule has 0 bridgehead atoms. The van der Waals surface area contributed by atoms with Crippen LogP contribution < -0.4 is 20.9 Å². The third-order valence-corrected chi connectivity index (χ3v) is 12.4. The lowest BCUT2D eigenvalue weighted by atomic mass is 10.2. The highest BCUT2D eigenvalue weighted by Crippen LogP contribution is 2.27. The van der Waals surface area contributed by atoms with Crippen molar-refractivity contribution in [3.63, 3.8) is 0 Å². The van der Waals surface area contributed by atoms with Gasteiger partial charge in [0, 0.05) is 40.7 Å². The van der Waals surface area contributed by atoms with E-state index < -0.39 is 0 Å². The number of anilines is 2. The summed E-state index contributed by atoms with van der Waals surface area (Å²) in [6.07, 6.45) is 9.36. The number of hydrogen-bond donors (Lipinski definition) is 0. The molecule has 0 unspecified atom stereocenters. The van der Waals surface area contributed by atoms with Gasteiger partial charge in [-0.15, -0.1) is 20.4 Å². The van der Waals surface area contributed by atoms with Gasteiger partial charge in [0.1, 0.15) is 5.82 Å². The average molecular weight is 913 g/mol. The SMILES string of the molecule is O=c1c2cc(Cl)ccc2n2c(N3CCCCCC3)nnc2n1Cc1ccc(Br)cc1.O=c1c2cc(Cl)ccc2n2c(N3CCCCCC3)nnc2n1Cc1ccc(F)cc1. The van der Waals surface area contributed by atoms with Gasteiger partial charge >= 0.3 is 0 Å². The van der Waals surface area contributed by atoms with Crippen LogP contribution in [-0.2, 0) is 13.1 Å². The van der Waals surface area contributed by atoms with Crippen molar-refractivity contribution in [2.24, 2.45) is 0 Å². The maximum atomic E-state index is 13.4. The Labute approximate surface area is 362 Å². The molecule has 0 N–H and O–H groups in total. The van der Waals surface area contributed by atoms with Gasteiger partial charge in [0.2, 0.25) is 23.5 Å². The van der Waals surface area contributed by atoms with Crippen LogP contribution in [0.3, 0.4) is 0 Å². The van der Waals surface area contributed by atoms with Gasteiger partial charge in [-0.1, -0.05) is 89.1 Å². The standard InChI is InChI=1S/C22H21BrClN5O.C22H21ClFN5O/c23-16-7-5-15(6-8-16)14-28-20(30)18-13-17(24)9-10-19(18)29-21(25-26-22(28)29)27-11-3-1-2-4-12-27;23-16-7-10-19-18(13-16)20(30)28(14-15-5-8-17(24)9-6-15)22-26-25-21(29(19)22)27-11-3-1-2-4-12-27/h2*5-10,13H,1-4,11-12,14H2. The molecule has 0 amide bonds. The van der Waals surface area contributed by atoms with Gasteiger partial charge in [0.25, 0.3) is 11.1 Å². The van der Waals surface area contributed by atoms with E-state index in [1.165, 1.54) is 37.8 Å². The second-order valence-electron chi connectivity index (χ2n) is 15.4. The second kappa shape index (κ2) is 17.3. The molecule has 10 rings (SSSR count). The van der Waals surface area contributed by atoms with Crippen LogP contribution in [0.5, 0.6) is 0 Å². The van der Waals surface area contributed by atoms with Gasteiger partial charge in [0.15, 0.2) is 0 Å². The topological polar surface area (TPSA) is 111 Å². The average Bonchev–Trinajstić information content (AvgIpc) is 3.66. The zero-order valence-electron chi connectivity index (χ0n) is 32.8. The van der Waals surface area contributed by atoms with E-state index >= 15 is 0 Å². The Hall–Kier alpha value is -5.31.